The van der Waals surface area contributed by atoms with Crippen LogP contribution in [0, 0.1) is 5.41 Å². The Morgan fingerprint density at radius 2 is 2.33 bits per heavy atom. The predicted molar refractivity (Wildman–Crippen MR) is 67.7 cm³/mol. The summed E-state index contributed by atoms with van der Waals surface area (Å²) in [5, 5.41) is 0.362. The number of carbonyl (C=O) groups is 1. The topological polar surface area (TPSA) is 48.4 Å². The van der Waals surface area contributed by atoms with Crippen molar-refractivity contribution in [2.45, 2.75) is 19.8 Å². The molecular formula is C13H16ClNO3. The summed E-state index contributed by atoms with van der Waals surface area (Å²) in [6, 6.07) is 3.19. The van der Waals surface area contributed by atoms with E-state index in [0.717, 1.165) is 12.8 Å². The Kier molecular flexibility index (Phi) is 4.19. The summed E-state index contributed by atoms with van der Waals surface area (Å²) in [6.45, 7) is 3.87. The van der Waals surface area contributed by atoms with Crippen LogP contribution in [0.5, 0.6) is 0 Å². The third kappa shape index (κ3) is 3.00. The molecule has 0 saturated carbocycles. The zero-order valence-electron chi connectivity index (χ0n) is 10.3. The lowest BCUT2D eigenvalue weighted by Crippen LogP contribution is -2.46. The maximum absolute atomic E-state index is 11.8. The number of halogens is 1. The highest BCUT2D eigenvalue weighted by Crippen LogP contribution is 2.33. The molecule has 0 amide bonds. The van der Waals surface area contributed by atoms with E-state index >= 15 is 0 Å². The Morgan fingerprint density at radius 1 is 1.56 bits per heavy atom. The molecule has 0 aliphatic carbocycles. The van der Waals surface area contributed by atoms with Crippen LogP contribution in [0.15, 0.2) is 18.3 Å². The molecule has 0 aromatic carbocycles. The van der Waals surface area contributed by atoms with Gasteiger partial charge in [-0.25, -0.2) is 9.78 Å². The first-order chi connectivity index (χ1) is 8.65. The van der Waals surface area contributed by atoms with Crippen molar-refractivity contribution < 1.29 is 14.3 Å². The Labute approximate surface area is 111 Å². The zero-order chi connectivity index (χ0) is 13.0. The predicted octanol–water partition coefficient (Wildman–Crippen LogP) is 2.71. The first kappa shape index (κ1) is 13.3. The lowest BCUT2D eigenvalue weighted by molar-refractivity contribution is -0.142. The van der Waals surface area contributed by atoms with Gasteiger partial charge in [0, 0.05) is 6.20 Å². The largest absolute Gasteiger partial charge is 0.461 e. The molecule has 0 bridgehead atoms. The van der Waals surface area contributed by atoms with Crippen molar-refractivity contribution in [1.82, 2.24) is 4.98 Å². The normalized spacial score (nSPS) is 17.0. The van der Waals surface area contributed by atoms with Gasteiger partial charge in [-0.1, -0.05) is 24.9 Å². The maximum atomic E-state index is 11.8. The standard InChI is InChI=1S/C13H16ClNO3/c1-2-5-13(7-17-8-13)9-18-12(16)10-3-4-11(14)15-6-10/h3-4,6H,2,5,7-9H2,1H3. The van der Waals surface area contributed by atoms with Crippen LogP contribution in [-0.2, 0) is 9.47 Å². The second kappa shape index (κ2) is 5.67. The fourth-order valence-corrected chi connectivity index (χ4v) is 2.13. The molecule has 0 spiro atoms. The van der Waals surface area contributed by atoms with Crippen molar-refractivity contribution in [2.24, 2.45) is 5.41 Å². The molecule has 5 heteroatoms. The molecule has 1 aliphatic rings. The fraction of sp³-hybridized carbons (Fsp3) is 0.538. The van der Waals surface area contributed by atoms with E-state index in [1.54, 1.807) is 12.1 Å². The highest BCUT2D eigenvalue weighted by atomic mass is 35.5. The molecule has 1 fully saturated rings. The molecule has 0 atom stereocenters. The fourth-order valence-electron chi connectivity index (χ4n) is 2.02. The monoisotopic (exact) mass is 269 g/mol. The Bertz CT molecular complexity index is 415. The number of esters is 1. The van der Waals surface area contributed by atoms with Crippen LogP contribution in [-0.4, -0.2) is 30.8 Å². The number of hydrogen-bond acceptors (Lipinski definition) is 4. The molecule has 1 aliphatic heterocycles. The van der Waals surface area contributed by atoms with Crippen molar-refractivity contribution in [3.05, 3.63) is 29.0 Å². The van der Waals surface area contributed by atoms with Crippen LogP contribution < -0.4 is 0 Å². The van der Waals surface area contributed by atoms with Gasteiger partial charge in [-0.3, -0.25) is 0 Å². The van der Waals surface area contributed by atoms with Gasteiger partial charge in [0.05, 0.1) is 24.2 Å². The van der Waals surface area contributed by atoms with Crippen molar-refractivity contribution in [2.75, 3.05) is 19.8 Å². The molecule has 2 rings (SSSR count). The maximum Gasteiger partial charge on any atom is 0.339 e. The summed E-state index contributed by atoms with van der Waals surface area (Å²) in [4.78, 5) is 15.7. The van der Waals surface area contributed by atoms with E-state index in [4.69, 9.17) is 21.1 Å². The SMILES string of the molecule is CCCC1(COC(=O)c2ccc(Cl)nc2)COC1. The summed E-state index contributed by atoms with van der Waals surface area (Å²) in [5.41, 5.74) is 0.441. The second-order valence-electron chi connectivity index (χ2n) is 4.69. The molecule has 0 unspecified atom stereocenters. The van der Waals surface area contributed by atoms with E-state index in [2.05, 4.69) is 11.9 Å². The quantitative estimate of drug-likeness (QED) is 0.609. The lowest BCUT2D eigenvalue weighted by Gasteiger charge is -2.40. The van der Waals surface area contributed by atoms with E-state index in [9.17, 15) is 4.79 Å². The van der Waals surface area contributed by atoms with Crippen molar-refractivity contribution in [1.29, 1.82) is 0 Å². The van der Waals surface area contributed by atoms with Crippen LogP contribution in [0.1, 0.15) is 30.1 Å². The molecule has 1 aromatic rings. The van der Waals surface area contributed by atoms with Crippen LogP contribution >= 0.6 is 11.6 Å². The van der Waals surface area contributed by atoms with Gasteiger partial charge < -0.3 is 9.47 Å². The molecular weight excluding hydrogens is 254 g/mol. The van der Waals surface area contributed by atoms with Gasteiger partial charge in [0.2, 0.25) is 0 Å². The number of ether oxygens (including phenoxy) is 2. The van der Waals surface area contributed by atoms with E-state index in [0.29, 0.717) is 30.5 Å². The molecule has 4 nitrogen and oxygen atoms in total. The summed E-state index contributed by atoms with van der Waals surface area (Å²) in [6.07, 6.45) is 3.50. The van der Waals surface area contributed by atoms with E-state index in [1.807, 2.05) is 0 Å². The highest BCUT2D eigenvalue weighted by Gasteiger charge is 2.39. The molecule has 98 valence electrons. The summed E-state index contributed by atoms with van der Waals surface area (Å²) < 4.78 is 10.5. The van der Waals surface area contributed by atoms with Crippen molar-refractivity contribution in [3.8, 4) is 0 Å². The highest BCUT2D eigenvalue weighted by molar-refractivity contribution is 6.29. The minimum Gasteiger partial charge on any atom is -0.461 e. The van der Waals surface area contributed by atoms with E-state index in [-0.39, 0.29) is 11.4 Å². The van der Waals surface area contributed by atoms with Gasteiger partial charge in [0.1, 0.15) is 11.8 Å². The van der Waals surface area contributed by atoms with Gasteiger partial charge in [0.25, 0.3) is 0 Å². The minimum absolute atomic E-state index is 0.0181. The average Bonchev–Trinajstić information content (AvgIpc) is 2.33. The van der Waals surface area contributed by atoms with Crippen molar-refractivity contribution in [3.63, 3.8) is 0 Å². The van der Waals surface area contributed by atoms with E-state index in [1.165, 1.54) is 6.20 Å². The summed E-state index contributed by atoms with van der Waals surface area (Å²) in [7, 11) is 0. The van der Waals surface area contributed by atoms with Gasteiger partial charge in [0.15, 0.2) is 0 Å². The smallest absolute Gasteiger partial charge is 0.339 e. The minimum atomic E-state index is -0.360. The van der Waals surface area contributed by atoms with Crippen LogP contribution in [0.2, 0.25) is 5.15 Å². The summed E-state index contributed by atoms with van der Waals surface area (Å²) in [5.74, 6) is -0.360. The van der Waals surface area contributed by atoms with Crippen LogP contribution in [0.25, 0.3) is 0 Å². The van der Waals surface area contributed by atoms with Gasteiger partial charge in [-0.05, 0) is 18.6 Å². The molecule has 1 saturated heterocycles. The molecule has 18 heavy (non-hydrogen) atoms. The number of aromatic nitrogens is 1. The molecule has 1 aromatic heterocycles. The van der Waals surface area contributed by atoms with Gasteiger partial charge >= 0.3 is 5.97 Å². The number of nitrogens with zero attached hydrogens (tertiary/aromatic N) is 1. The van der Waals surface area contributed by atoms with Crippen molar-refractivity contribution >= 4 is 17.6 Å². The summed E-state index contributed by atoms with van der Waals surface area (Å²) >= 11 is 5.66. The first-order valence-corrected chi connectivity index (χ1v) is 6.39. The van der Waals surface area contributed by atoms with Gasteiger partial charge in [-0.15, -0.1) is 0 Å². The Balaban J connectivity index is 1.89. The number of hydrogen-bond donors (Lipinski definition) is 0. The third-order valence-electron chi connectivity index (χ3n) is 3.07. The molecule has 0 radical (unpaired) electrons. The molecule has 2 heterocycles. The van der Waals surface area contributed by atoms with Gasteiger partial charge in [-0.2, -0.15) is 0 Å². The molecule has 0 N–H and O–H groups in total. The average molecular weight is 270 g/mol. The van der Waals surface area contributed by atoms with Crippen LogP contribution in [0.4, 0.5) is 0 Å². The number of pyridine rings is 1. The Hall–Kier alpha value is -1.13. The third-order valence-corrected chi connectivity index (χ3v) is 3.29. The van der Waals surface area contributed by atoms with E-state index < -0.39 is 0 Å². The Morgan fingerprint density at radius 3 is 2.83 bits per heavy atom. The second-order valence-corrected chi connectivity index (χ2v) is 5.08. The van der Waals surface area contributed by atoms with Crippen LogP contribution in [0.3, 0.4) is 0 Å². The number of rotatable bonds is 5. The zero-order valence-corrected chi connectivity index (χ0v) is 11.1. The number of carbonyl (C=O) groups excluding carboxylic acids is 1. The first-order valence-electron chi connectivity index (χ1n) is 6.02. The lowest BCUT2D eigenvalue weighted by atomic mass is 9.82.